The van der Waals surface area contributed by atoms with Gasteiger partial charge in [0, 0.05) is 22.1 Å². The highest BCUT2D eigenvalue weighted by Gasteiger charge is 2.68. The lowest BCUT2D eigenvalue weighted by atomic mass is 9.49. The molecule has 1 amide bonds. The molecule has 2 aliphatic heterocycles. The van der Waals surface area contributed by atoms with E-state index in [1.165, 1.54) is 0 Å². The molecule has 43 heavy (non-hydrogen) atoms. The Morgan fingerprint density at radius 2 is 1.49 bits per heavy atom. The fourth-order valence-corrected chi connectivity index (χ4v) is 8.77. The van der Waals surface area contributed by atoms with Crippen LogP contribution < -0.4 is 4.31 Å². The summed E-state index contributed by atoms with van der Waals surface area (Å²) in [5.74, 6) is 0.0823. The molecule has 2 heterocycles. The molecule has 3 aliphatic rings. The van der Waals surface area contributed by atoms with Crippen molar-refractivity contribution in [2.24, 2.45) is 11.3 Å². The number of halogens is 1. The van der Waals surface area contributed by atoms with Gasteiger partial charge in [0.15, 0.2) is 0 Å². The second kappa shape index (κ2) is 9.69. The number of rotatable bonds is 4. The molecule has 0 aromatic heterocycles. The third-order valence-corrected chi connectivity index (χ3v) is 11.3. The smallest absolute Gasteiger partial charge is 0.270 e. The average Bonchev–Trinajstić information content (AvgIpc) is 3.55. The van der Waals surface area contributed by atoms with Crippen molar-refractivity contribution >= 4 is 44.6 Å². The Hall–Kier alpha value is -4.13. The van der Waals surface area contributed by atoms with Crippen molar-refractivity contribution in [2.75, 3.05) is 10.9 Å². The quantitative estimate of drug-likeness (QED) is 0.237. The number of carbonyl (C=O) groups excluding carboxylic acids is 1. The number of carbonyl (C=O) groups is 1. The van der Waals surface area contributed by atoms with E-state index < -0.39 is 26.8 Å². The molecular formula is C36H30ClNO4S. The summed E-state index contributed by atoms with van der Waals surface area (Å²) in [6, 6.07) is 31.3. The van der Waals surface area contributed by atoms with E-state index in [9.17, 15) is 8.42 Å². The summed E-state index contributed by atoms with van der Waals surface area (Å²) in [5, 5.41) is 0.635. The number of ether oxygens (including phenoxy) is 1. The van der Waals surface area contributed by atoms with Gasteiger partial charge in [-0.25, -0.2) is 12.7 Å². The Morgan fingerprint density at radius 1 is 0.837 bits per heavy atom. The minimum Gasteiger partial charge on any atom is -0.492 e. The van der Waals surface area contributed by atoms with Gasteiger partial charge in [-0.05, 0) is 77.6 Å². The van der Waals surface area contributed by atoms with E-state index in [0.717, 1.165) is 37.9 Å². The molecule has 0 radical (unpaired) electrons. The third kappa shape index (κ3) is 3.82. The largest absolute Gasteiger partial charge is 0.492 e. The number of allylic oxidation sites excluding steroid dienone is 1. The summed E-state index contributed by atoms with van der Waals surface area (Å²) < 4.78 is 36.1. The lowest BCUT2D eigenvalue weighted by Crippen LogP contribution is -2.57. The summed E-state index contributed by atoms with van der Waals surface area (Å²) in [5.41, 5.74) is 3.38. The maximum absolute atomic E-state index is 15.2. The van der Waals surface area contributed by atoms with E-state index in [4.69, 9.17) is 16.3 Å². The van der Waals surface area contributed by atoms with Crippen LogP contribution in [-0.2, 0) is 25.0 Å². The molecule has 0 unspecified atom stereocenters. The maximum atomic E-state index is 15.2. The van der Waals surface area contributed by atoms with E-state index in [0.29, 0.717) is 22.9 Å². The first-order valence-electron chi connectivity index (χ1n) is 14.2. The summed E-state index contributed by atoms with van der Waals surface area (Å²) in [6.07, 6.45) is 2.07. The van der Waals surface area contributed by atoms with E-state index in [2.05, 4.69) is 19.9 Å². The van der Waals surface area contributed by atoms with Crippen LogP contribution >= 0.6 is 11.6 Å². The van der Waals surface area contributed by atoms with Gasteiger partial charge in [0.2, 0.25) is 0 Å². The van der Waals surface area contributed by atoms with Gasteiger partial charge >= 0.3 is 0 Å². The second-order valence-electron chi connectivity index (χ2n) is 12.0. The average molecular weight is 608 g/mol. The van der Waals surface area contributed by atoms with Crippen LogP contribution in [-0.4, -0.2) is 20.9 Å². The second-order valence-corrected chi connectivity index (χ2v) is 14.2. The minimum absolute atomic E-state index is 0.0759. The van der Waals surface area contributed by atoms with Crippen LogP contribution in [0.1, 0.15) is 36.1 Å². The number of benzene rings is 4. The summed E-state index contributed by atoms with van der Waals surface area (Å²) in [4.78, 5) is 15.3. The summed E-state index contributed by atoms with van der Waals surface area (Å²) in [7, 11) is -4.23. The van der Waals surface area contributed by atoms with Gasteiger partial charge in [-0.15, -0.1) is 0 Å². The Morgan fingerprint density at radius 3 is 2.19 bits per heavy atom. The Balaban J connectivity index is 1.53. The van der Waals surface area contributed by atoms with E-state index in [-0.39, 0.29) is 10.8 Å². The fraction of sp³-hybridized carbons (Fsp3) is 0.194. The molecule has 5 nitrogen and oxygen atoms in total. The van der Waals surface area contributed by atoms with Gasteiger partial charge in [0.05, 0.1) is 17.2 Å². The van der Waals surface area contributed by atoms with Gasteiger partial charge in [0.1, 0.15) is 11.2 Å². The van der Waals surface area contributed by atoms with Gasteiger partial charge < -0.3 is 4.74 Å². The molecule has 7 rings (SSSR count). The number of sulfonamides is 1. The first-order chi connectivity index (χ1) is 20.6. The van der Waals surface area contributed by atoms with Gasteiger partial charge in [-0.1, -0.05) is 91.7 Å². The molecule has 0 saturated carbocycles. The molecule has 1 spiro atoms. The van der Waals surface area contributed by atoms with Crippen molar-refractivity contribution in [3.05, 3.63) is 142 Å². The van der Waals surface area contributed by atoms with Crippen molar-refractivity contribution in [2.45, 2.75) is 31.1 Å². The summed E-state index contributed by atoms with van der Waals surface area (Å²) in [6.45, 7) is 6.40. The Labute approximate surface area is 257 Å². The maximum Gasteiger partial charge on any atom is 0.270 e. The number of amides is 1. The molecule has 0 bridgehead atoms. The van der Waals surface area contributed by atoms with Crippen LogP contribution in [0.3, 0.4) is 0 Å². The van der Waals surface area contributed by atoms with Crippen molar-refractivity contribution in [1.82, 2.24) is 0 Å². The molecule has 4 aromatic carbocycles. The van der Waals surface area contributed by atoms with Crippen molar-refractivity contribution in [3.63, 3.8) is 0 Å². The predicted molar refractivity (Wildman–Crippen MR) is 170 cm³/mol. The predicted octanol–water partition coefficient (Wildman–Crippen LogP) is 7.80. The zero-order valence-corrected chi connectivity index (χ0v) is 25.6. The number of anilines is 1. The Bertz CT molecular complexity index is 1940. The van der Waals surface area contributed by atoms with E-state index >= 15 is 4.79 Å². The third-order valence-electron chi connectivity index (χ3n) is 9.36. The topological polar surface area (TPSA) is 63.7 Å². The summed E-state index contributed by atoms with van der Waals surface area (Å²) >= 11 is 6.19. The standard InChI is InChI=1S/C36H30ClNO4S/c1-23-13-19-27(20-14-23)43(40,41)38-32-12-8-7-11-29(32)36(34(38)39)30(24-9-5-4-6-10-24)21-28-31(35(36,2)3)22-42-33(28)25-15-17-26(37)18-16-25/h4-21,31H,22H2,1-3H3/t31-,36-/m0/s1. The zero-order chi connectivity index (χ0) is 30.1. The molecule has 0 fully saturated rings. The number of aryl methyl sites for hydroxylation is 1. The van der Waals surface area contributed by atoms with Gasteiger partial charge in [-0.3, -0.25) is 4.79 Å². The molecule has 216 valence electrons. The zero-order valence-electron chi connectivity index (χ0n) is 24.0. The van der Waals surface area contributed by atoms with E-state index in [1.54, 1.807) is 36.4 Å². The number of hydrogen-bond acceptors (Lipinski definition) is 4. The number of hydrogen-bond donors (Lipinski definition) is 0. The normalized spacial score (nSPS) is 22.3. The molecule has 0 N–H and O–H groups in total. The lowest BCUT2D eigenvalue weighted by Gasteiger charge is -2.51. The molecule has 1 aliphatic carbocycles. The molecule has 2 atom stereocenters. The van der Waals surface area contributed by atoms with Crippen LogP contribution in [0.2, 0.25) is 5.02 Å². The first kappa shape index (κ1) is 27.7. The Kier molecular flexibility index (Phi) is 6.24. The number of nitrogens with zero attached hydrogens (tertiary/aromatic N) is 1. The van der Waals surface area contributed by atoms with Crippen molar-refractivity contribution in [1.29, 1.82) is 0 Å². The van der Waals surface area contributed by atoms with Crippen LogP contribution in [0, 0.1) is 18.3 Å². The van der Waals surface area contributed by atoms with Gasteiger partial charge in [-0.2, -0.15) is 0 Å². The van der Waals surface area contributed by atoms with Crippen molar-refractivity contribution < 1.29 is 17.9 Å². The highest BCUT2D eigenvalue weighted by molar-refractivity contribution is 7.93. The van der Waals surface area contributed by atoms with E-state index in [1.807, 2.05) is 73.7 Å². The molecule has 0 saturated heterocycles. The van der Waals surface area contributed by atoms with Crippen LogP contribution in [0.25, 0.3) is 11.3 Å². The van der Waals surface area contributed by atoms with Crippen LogP contribution in [0.5, 0.6) is 0 Å². The monoisotopic (exact) mass is 607 g/mol. The molecular weight excluding hydrogens is 578 g/mol. The lowest BCUT2D eigenvalue weighted by molar-refractivity contribution is -0.124. The fourth-order valence-electron chi connectivity index (χ4n) is 7.18. The van der Waals surface area contributed by atoms with Crippen molar-refractivity contribution in [3.8, 4) is 0 Å². The van der Waals surface area contributed by atoms with Crippen LogP contribution in [0.4, 0.5) is 5.69 Å². The highest BCUT2D eigenvalue weighted by atomic mass is 35.5. The molecule has 4 aromatic rings. The first-order valence-corrected chi connectivity index (χ1v) is 16.1. The molecule has 7 heteroatoms. The number of para-hydroxylation sites is 1. The van der Waals surface area contributed by atoms with Crippen LogP contribution in [0.15, 0.2) is 120 Å². The minimum atomic E-state index is -4.23. The van der Waals surface area contributed by atoms with Gasteiger partial charge in [0.25, 0.3) is 15.9 Å². The number of fused-ring (bicyclic) bond motifs is 3. The SMILES string of the molecule is Cc1ccc(S(=O)(=O)N2C(=O)[C@@]3(C(c4ccccc4)=CC4=C(c5ccc(Cl)cc5)OC[C@@H]4C3(C)C)c3ccccc32)cc1. The highest BCUT2D eigenvalue weighted by Crippen LogP contribution is 2.66.